The van der Waals surface area contributed by atoms with Crippen molar-refractivity contribution in [1.82, 2.24) is 0 Å². The summed E-state index contributed by atoms with van der Waals surface area (Å²) in [5.41, 5.74) is 1.35. The van der Waals surface area contributed by atoms with E-state index in [9.17, 15) is 0 Å². The van der Waals surface area contributed by atoms with Gasteiger partial charge in [-0.2, -0.15) is 0 Å². The van der Waals surface area contributed by atoms with Crippen LogP contribution in [0, 0.1) is 0 Å². The summed E-state index contributed by atoms with van der Waals surface area (Å²) in [6.45, 7) is 7.32. The van der Waals surface area contributed by atoms with E-state index < -0.39 is 17.2 Å². The number of rotatable bonds is 5. The van der Waals surface area contributed by atoms with Gasteiger partial charge in [-0.25, -0.2) is 0 Å². The lowest BCUT2D eigenvalue weighted by atomic mass is 10.3. The van der Waals surface area contributed by atoms with Gasteiger partial charge in [-0.15, -0.1) is 0 Å². The molecule has 0 saturated carbocycles. The van der Waals surface area contributed by atoms with Gasteiger partial charge in [0.1, 0.15) is 8.24 Å². The molecular weight excluding hydrogens is 322 g/mol. The molecule has 0 aliphatic carbocycles. The molecule has 0 aliphatic heterocycles. The third kappa shape index (κ3) is 3.69. The Morgan fingerprint density at radius 1 is 0.583 bits per heavy atom. The van der Waals surface area contributed by atoms with Gasteiger partial charge in [-0.1, -0.05) is 98.5 Å². The normalized spacial score (nSPS) is 11.5. The Kier molecular flexibility index (Phi) is 5.02. The van der Waals surface area contributed by atoms with E-state index in [2.05, 4.69) is 115 Å². The number of hydrogen-bond donors (Lipinski definition) is 0. The summed E-state index contributed by atoms with van der Waals surface area (Å²) in [5.74, 6) is 0. The van der Waals surface area contributed by atoms with E-state index >= 15 is 0 Å². The molecule has 0 heterocycles. The molecule has 3 rings (SSSR count). The zero-order valence-corrected chi connectivity index (χ0v) is 16.6. The Morgan fingerprint density at radius 3 is 1.33 bits per heavy atom. The van der Waals surface area contributed by atoms with Gasteiger partial charge in [0.2, 0.25) is 8.96 Å². The minimum atomic E-state index is -1.58. The number of nitrogens with zero attached hydrogens (tertiary/aromatic N) is 1. The van der Waals surface area contributed by atoms with E-state index in [0.29, 0.717) is 0 Å². The molecule has 1 radical (unpaired) electrons. The molecule has 24 heavy (non-hydrogen) atoms. The number of anilines is 1. The second-order valence-corrected chi connectivity index (χ2v) is 14.5. The smallest absolute Gasteiger partial charge is 0.233 e. The molecule has 0 fully saturated rings. The Balaban J connectivity index is 2.19. The van der Waals surface area contributed by atoms with Crippen molar-refractivity contribution in [2.75, 3.05) is 4.23 Å². The summed E-state index contributed by atoms with van der Waals surface area (Å²) < 4.78 is 2.75. The first-order chi connectivity index (χ1) is 11.6. The maximum Gasteiger partial charge on any atom is 0.233 e. The van der Waals surface area contributed by atoms with Crippen molar-refractivity contribution in [2.24, 2.45) is 0 Å². The average Bonchev–Trinajstić information content (AvgIpc) is 2.61. The minimum Gasteiger partial charge on any atom is -0.418 e. The van der Waals surface area contributed by atoms with Gasteiger partial charge >= 0.3 is 0 Å². The fourth-order valence-electron chi connectivity index (χ4n) is 3.05. The van der Waals surface area contributed by atoms with E-state index in [0.717, 1.165) is 0 Å². The molecule has 0 aromatic heterocycles. The summed E-state index contributed by atoms with van der Waals surface area (Å²) in [7, 11) is -2.63. The van der Waals surface area contributed by atoms with Gasteiger partial charge < -0.3 is 4.23 Å². The highest BCUT2D eigenvalue weighted by atomic mass is 28.4. The summed E-state index contributed by atoms with van der Waals surface area (Å²) in [4.78, 5) is 0. The van der Waals surface area contributed by atoms with Gasteiger partial charge in [0.05, 0.1) is 0 Å². The molecule has 0 atom stereocenters. The molecular formula is C21H24NSi2. The minimum absolute atomic E-state index is 1.05. The number of benzene rings is 3. The molecule has 1 nitrogen and oxygen atoms in total. The molecule has 3 aromatic carbocycles. The van der Waals surface area contributed by atoms with Crippen LogP contribution in [-0.4, -0.2) is 17.2 Å². The molecule has 0 bridgehead atoms. The summed E-state index contributed by atoms with van der Waals surface area (Å²) in [6.07, 6.45) is 0. The topological polar surface area (TPSA) is 3.24 Å². The van der Waals surface area contributed by atoms with Crippen LogP contribution in [-0.2, 0) is 0 Å². The highest BCUT2D eigenvalue weighted by molar-refractivity contribution is 7.02. The van der Waals surface area contributed by atoms with Crippen molar-refractivity contribution in [1.29, 1.82) is 0 Å². The Bertz CT molecular complexity index is 713. The Hall–Kier alpha value is -2.11. The fourth-order valence-corrected chi connectivity index (χ4v) is 9.70. The van der Waals surface area contributed by atoms with Crippen molar-refractivity contribution < 1.29 is 0 Å². The lowest BCUT2D eigenvalue weighted by Crippen LogP contribution is -2.65. The predicted octanol–water partition coefficient (Wildman–Crippen LogP) is 4.13. The first-order valence-electron chi connectivity index (χ1n) is 8.40. The highest BCUT2D eigenvalue weighted by Crippen LogP contribution is 2.23. The van der Waals surface area contributed by atoms with Crippen LogP contribution in [0.3, 0.4) is 0 Å². The maximum atomic E-state index is 2.75. The third-order valence-electron chi connectivity index (χ3n) is 4.00. The van der Waals surface area contributed by atoms with Crippen LogP contribution in [0.2, 0.25) is 19.6 Å². The SMILES string of the molecule is C[Si](C)(C)N(c1ccccc1)[Si](c1ccccc1)c1ccccc1. The maximum absolute atomic E-state index is 2.75. The van der Waals surface area contributed by atoms with E-state index in [-0.39, 0.29) is 0 Å². The van der Waals surface area contributed by atoms with Crippen LogP contribution in [0.4, 0.5) is 5.69 Å². The van der Waals surface area contributed by atoms with Crippen molar-refractivity contribution in [3.05, 3.63) is 91.0 Å². The second-order valence-electron chi connectivity index (χ2n) is 6.92. The van der Waals surface area contributed by atoms with Crippen molar-refractivity contribution in [3.8, 4) is 0 Å². The van der Waals surface area contributed by atoms with Gasteiger partial charge in [0, 0.05) is 5.69 Å². The second kappa shape index (κ2) is 7.20. The number of hydrogen-bond acceptors (Lipinski definition) is 1. The molecule has 3 aromatic rings. The quantitative estimate of drug-likeness (QED) is 0.628. The molecule has 3 heteroatoms. The van der Waals surface area contributed by atoms with Gasteiger partial charge in [-0.3, -0.25) is 0 Å². The predicted molar refractivity (Wildman–Crippen MR) is 110 cm³/mol. The molecule has 0 spiro atoms. The average molecular weight is 347 g/mol. The first kappa shape index (κ1) is 16.7. The van der Waals surface area contributed by atoms with Crippen LogP contribution < -0.4 is 14.6 Å². The van der Waals surface area contributed by atoms with E-state index in [4.69, 9.17) is 0 Å². The summed E-state index contributed by atoms with van der Waals surface area (Å²) in [5, 5.41) is 2.89. The van der Waals surface area contributed by atoms with E-state index in [1.54, 1.807) is 0 Å². The molecule has 0 saturated heterocycles. The fraction of sp³-hybridized carbons (Fsp3) is 0.143. The van der Waals surface area contributed by atoms with E-state index in [1.807, 2.05) is 0 Å². The zero-order valence-electron chi connectivity index (χ0n) is 14.6. The van der Waals surface area contributed by atoms with Crippen molar-refractivity contribution in [3.63, 3.8) is 0 Å². The van der Waals surface area contributed by atoms with Crippen LogP contribution >= 0.6 is 0 Å². The van der Waals surface area contributed by atoms with Gasteiger partial charge in [0.15, 0.2) is 0 Å². The van der Waals surface area contributed by atoms with Crippen LogP contribution in [0.25, 0.3) is 0 Å². The van der Waals surface area contributed by atoms with Crippen molar-refractivity contribution >= 4 is 33.3 Å². The zero-order chi connectivity index (χ0) is 17.0. The highest BCUT2D eigenvalue weighted by Gasteiger charge is 2.34. The van der Waals surface area contributed by atoms with E-state index in [1.165, 1.54) is 16.1 Å². The Labute approximate surface area is 148 Å². The molecule has 0 unspecified atom stereocenters. The molecule has 121 valence electrons. The summed E-state index contributed by atoms with van der Waals surface area (Å²) in [6, 6.07) is 32.9. The molecule has 0 aliphatic rings. The molecule has 0 amide bonds. The monoisotopic (exact) mass is 346 g/mol. The lowest BCUT2D eigenvalue weighted by Gasteiger charge is -2.42. The van der Waals surface area contributed by atoms with Crippen LogP contribution in [0.15, 0.2) is 91.0 Å². The van der Waals surface area contributed by atoms with Crippen LogP contribution in [0.1, 0.15) is 0 Å². The number of para-hydroxylation sites is 1. The van der Waals surface area contributed by atoms with Gasteiger partial charge in [0.25, 0.3) is 0 Å². The lowest BCUT2D eigenvalue weighted by molar-refractivity contribution is 1.42. The summed E-state index contributed by atoms with van der Waals surface area (Å²) >= 11 is 0. The molecule has 0 N–H and O–H groups in total. The first-order valence-corrected chi connectivity index (χ1v) is 13.3. The third-order valence-corrected chi connectivity index (χ3v) is 10.8. The largest absolute Gasteiger partial charge is 0.418 e. The van der Waals surface area contributed by atoms with Gasteiger partial charge in [-0.05, 0) is 22.5 Å². The van der Waals surface area contributed by atoms with Crippen molar-refractivity contribution in [2.45, 2.75) is 19.6 Å². The Morgan fingerprint density at radius 2 is 0.958 bits per heavy atom. The van der Waals surface area contributed by atoms with Crippen LogP contribution in [0.5, 0.6) is 0 Å². The standard InChI is InChI=1S/C21H24NSi2/c1-24(2,3)22(19-13-7-4-8-14-19)23(20-15-9-5-10-16-20)21-17-11-6-12-18-21/h4-18H,1-3H3.